The predicted molar refractivity (Wildman–Crippen MR) is 118 cm³/mol. The highest BCUT2D eigenvalue weighted by atomic mass is 32.2. The number of nitrogens with zero attached hydrogens (tertiary/aromatic N) is 4. The van der Waals surface area contributed by atoms with E-state index in [4.69, 9.17) is 0 Å². The van der Waals surface area contributed by atoms with Gasteiger partial charge < -0.3 is 14.0 Å². The Morgan fingerprint density at radius 2 is 1.71 bits per heavy atom. The first-order chi connectivity index (χ1) is 17.6. The Labute approximate surface area is 210 Å². The number of sulfone groups is 1. The van der Waals surface area contributed by atoms with E-state index >= 15 is 0 Å². The number of amides is 1. The van der Waals surface area contributed by atoms with Crippen molar-refractivity contribution in [2.24, 2.45) is 0 Å². The molecule has 1 aromatic carbocycles. The Balaban J connectivity index is 1.67. The zero-order chi connectivity index (χ0) is 27.9. The van der Waals surface area contributed by atoms with Crippen LogP contribution in [0.1, 0.15) is 22.9 Å². The average Bonchev–Trinajstić information content (AvgIpc) is 3.34. The summed E-state index contributed by atoms with van der Waals surface area (Å²) in [7, 11) is -3.36. The van der Waals surface area contributed by atoms with Gasteiger partial charge in [-0.2, -0.15) is 31.3 Å². The molecule has 0 aliphatic carbocycles. The third kappa shape index (κ3) is 6.06. The van der Waals surface area contributed by atoms with Crippen LogP contribution in [0.3, 0.4) is 0 Å². The Hall–Kier alpha value is -3.69. The lowest BCUT2D eigenvalue weighted by Gasteiger charge is -2.31. The third-order valence-corrected chi connectivity index (χ3v) is 7.48. The Morgan fingerprint density at radius 3 is 2.29 bits per heavy atom. The maximum atomic E-state index is 13.4. The highest BCUT2D eigenvalue weighted by molar-refractivity contribution is 7.91. The number of hydrogen-bond donors (Lipinski definition) is 0. The van der Waals surface area contributed by atoms with E-state index in [1.54, 1.807) is 0 Å². The second-order valence-electron chi connectivity index (χ2n) is 8.48. The summed E-state index contributed by atoms with van der Waals surface area (Å²) < 4.78 is 107. The van der Waals surface area contributed by atoms with Crippen LogP contribution < -0.4 is 5.56 Å². The summed E-state index contributed by atoms with van der Waals surface area (Å²) in [5.41, 5.74) is -1.99. The molecule has 1 aliphatic rings. The zero-order valence-electron chi connectivity index (χ0n) is 19.2. The molecule has 38 heavy (non-hydrogen) atoms. The number of hydrogen-bond acceptors (Lipinski definition) is 7. The van der Waals surface area contributed by atoms with E-state index in [-0.39, 0.29) is 35.7 Å². The number of aromatic nitrogens is 3. The molecule has 204 valence electrons. The van der Waals surface area contributed by atoms with Crippen molar-refractivity contribution < 1.29 is 44.1 Å². The molecule has 1 saturated heterocycles. The normalized spacial score (nSPS) is 16.8. The van der Waals surface area contributed by atoms with E-state index in [9.17, 15) is 44.3 Å². The number of benzene rings is 1. The molecule has 1 atom stereocenters. The van der Waals surface area contributed by atoms with Crippen LogP contribution in [-0.4, -0.2) is 58.5 Å². The fourth-order valence-corrected chi connectivity index (χ4v) is 5.06. The van der Waals surface area contributed by atoms with Crippen LogP contribution in [-0.2, 0) is 33.5 Å². The molecule has 0 radical (unpaired) electrons. The number of pyridine rings is 1. The van der Waals surface area contributed by atoms with Gasteiger partial charge >= 0.3 is 18.2 Å². The first-order valence-electron chi connectivity index (χ1n) is 10.9. The van der Waals surface area contributed by atoms with Gasteiger partial charge in [0, 0.05) is 37.5 Å². The summed E-state index contributed by atoms with van der Waals surface area (Å²) in [6.45, 7) is -0.754. The van der Waals surface area contributed by atoms with Gasteiger partial charge in [-0.1, -0.05) is 23.4 Å². The molecule has 16 heteroatoms. The molecule has 1 aliphatic heterocycles. The fraction of sp³-hybridized carbons (Fsp3) is 0.364. The summed E-state index contributed by atoms with van der Waals surface area (Å²) in [6, 6.07) is 6.08. The van der Waals surface area contributed by atoms with Crippen LogP contribution in [0.4, 0.5) is 26.3 Å². The monoisotopic (exact) mass is 564 g/mol. The molecule has 3 aromatic rings. The standard InChI is InChI=1S/C22H18F6N4O5S/c23-21(24,25)15-3-1-2-13(10-15)16(19(34)31-6-8-38(35,36)9-7-31)12-32-5-4-14(11-17(32)33)18-29-20(37-30-18)22(26,27)28/h1-5,10-11,16H,6-9,12H2. The number of carbonyl (C=O) groups excluding carboxylic acids is 1. The van der Waals surface area contributed by atoms with Crippen LogP contribution in [0.2, 0.25) is 0 Å². The van der Waals surface area contributed by atoms with E-state index in [1.165, 1.54) is 17.0 Å². The van der Waals surface area contributed by atoms with Gasteiger partial charge in [0.15, 0.2) is 9.84 Å². The van der Waals surface area contributed by atoms with Crippen molar-refractivity contribution in [2.75, 3.05) is 24.6 Å². The van der Waals surface area contributed by atoms with Crippen molar-refractivity contribution >= 4 is 15.7 Å². The van der Waals surface area contributed by atoms with Gasteiger partial charge in [0.25, 0.3) is 5.56 Å². The minimum atomic E-state index is -4.90. The predicted octanol–water partition coefficient (Wildman–Crippen LogP) is 2.98. The second-order valence-corrected chi connectivity index (χ2v) is 10.8. The first kappa shape index (κ1) is 27.3. The Bertz CT molecular complexity index is 1500. The second kappa shape index (κ2) is 9.89. The van der Waals surface area contributed by atoms with Crippen LogP contribution in [0.25, 0.3) is 11.4 Å². The third-order valence-electron chi connectivity index (χ3n) is 5.87. The van der Waals surface area contributed by atoms with E-state index in [0.717, 1.165) is 35.0 Å². The van der Waals surface area contributed by atoms with Crippen molar-refractivity contribution in [1.29, 1.82) is 0 Å². The molecule has 1 fully saturated rings. The summed E-state index contributed by atoms with van der Waals surface area (Å²) in [5, 5.41) is 3.20. The van der Waals surface area contributed by atoms with Gasteiger partial charge in [0.05, 0.1) is 23.0 Å². The molecule has 0 saturated carbocycles. The van der Waals surface area contributed by atoms with Gasteiger partial charge in [-0.05, 0) is 17.7 Å². The maximum Gasteiger partial charge on any atom is 0.471 e. The molecule has 0 spiro atoms. The number of carbonyl (C=O) groups is 1. The van der Waals surface area contributed by atoms with Gasteiger partial charge in [0.2, 0.25) is 11.7 Å². The van der Waals surface area contributed by atoms with E-state index in [0.29, 0.717) is 0 Å². The number of halogens is 6. The lowest BCUT2D eigenvalue weighted by molar-refractivity contribution is -0.159. The number of alkyl halides is 6. The molecule has 4 rings (SSSR count). The van der Waals surface area contributed by atoms with Crippen molar-refractivity contribution in [3.8, 4) is 11.4 Å². The van der Waals surface area contributed by atoms with E-state index < -0.39 is 63.4 Å². The smallest absolute Gasteiger partial charge is 0.340 e. The van der Waals surface area contributed by atoms with Gasteiger partial charge in [-0.3, -0.25) is 9.59 Å². The minimum Gasteiger partial charge on any atom is -0.340 e. The maximum absolute atomic E-state index is 13.4. The molecule has 0 N–H and O–H groups in total. The Kier molecular flexibility index (Phi) is 7.11. The van der Waals surface area contributed by atoms with Gasteiger partial charge in [-0.15, -0.1) is 0 Å². The SMILES string of the molecule is O=C(C(Cn1ccc(-c2noc(C(F)(F)F)n2)cc1=O)c1cccc(C(F)(F)F)c1)N1CCS(=O)(=O)CC1. The molecular formula is C22H18F6N4O5S. The fourth-order valence-electron chi connectivity index (χ4n) is 3.86. The topological polar surface area (TPSA) is 115 Å². The van der Waals surface area contributed by atoms with Crippen molar-refractivity contribution in [1.82, 2.24) is 19.6 Å². The van der Waals surface area contributed by atoms with Crippen molar-refractivity contribution in [3.63, 3.8) is 0 Å². The molecule has 1 amide bonds. The average molecular weight is 564 g/mol. The van der Waals surface area contributed by atoms with Crippen molar-refractivity contribution in [3.05, 3.63) is 70.0 Å². The lowest BCUT2D eigenvalue weighted by atomic mass is 9.95. The lowest BCUT2D eigenvalue weighted by Crippen LogP contribution is -2.46. The molecule has 1 unspecified atom stereocenters. The molecular weight excluding hydrogens is 546 g/mol. The van der Waals surface area contributed by atoms with Crippen molar-refractivity contribution in [2.45, 2.75) is 24.8 Å². The van der Waals surface area contributed by atoms with Crippen LogP contribution in [0, 0.1) is 0 Å². The Morgan fingerprint density at radius 1 is 1.03 bits per heavy atom. The van der Waals surface area contributed by atoms with Crippen LogP contribution in [0.5, 0.6) is 0 Å². The quantitative estimate of drug-likeness (QED) is 0.438. The molecule has 0 bridgehead atoms. The van der Waals surface area contributed by atoms with Crippen LogP contribution >= 0.6 is 0 Å². The molecule has 2 aromatic heterocycles. The highest BCUT2D eigenvalue weighted by Crippen LogP contribution is 2.32. The number of rotatable bonds is 5. The molecule has 9 nitrogen and oxygen atoms in total. The highest BCUT2D eigenvalue weighted by Gasteiger charge is 2.39. The zero-order valence-corrected chi connectivity index (χ0v) is 20.0. The molecule has 3 heterocycles. The summed E-state index contributed by atoms with van der Waals surface area (Å²) in [6.07, 6.45) is -8.47. The summed E-state index contributed by atoms with van der Waals surface area (Å²) in [4.78, 5) is 30.5. The largest absolute Gasteiger partial charge is 0.471 e. The summed E-state index contributed by atoms with van der Waals surface area (Å²) >= 11 is 0. The summed E-state index contributed by atoms with van der Waals surface area (Å²) in [5.74, 6) is -4.73. The van der Waals surface area contributed by atoms with Gasteiger partial charge in [0.1, 0.15) is 0 Å². The van der Waals surface area contributed by atoms with Gasteiger partial charge in [-0.25, -0.2) is 8.42 Å². The first-order valence-corrected chi connectivity index (χ1v) is 12.7. The minimum absolute atomic E-state index is 0.0535. The van der Waals surface area contributed by atoms with Crippen LogP contribution in [0.15, 0.2) is 51.9 Å². The van der Waals surface area contributed by atoms with E-state index in [2.05, 4.69) is 14.7 Å². The van der Waals surface area contributed by atoms with E-state index in [1.807, 2.05) is 0 Å².